The molecule has 0 saturated heterocycles. The van der Waals surface area contributed by atoms with Crippen LogP contribution in [-0.4, -0.2) is 40.1 Å². The van der Waals surface area contributed by atoms with Gasteiger partial charge in [0.25, 0.3) is 0 Å². The van der Waals surface area contributed by atoms with Gasteiger partial charge in [-0.3, -0.25) is 0 Å². The largest absolute Gasteiger partial charge is 0.369 e. The van der Waals surface area contributed by atoms with Crippen molar-refractivity contribution in [1.29, 1.82) is 0 Å². The highest BCUT2D eigenvalue weighted by Gasteiger charge is 1.93. The molecule has 1 aromatic rings. The zero-order valence-electron chi connectivity index (χ0n) is 6.89. The summed E-state index contributed by atoms with van der Waals surface area (Å²) >= 11 is 0. The van der Waals surface area contributed by atoms with Crippen molar-refractivity contribution >= 4 is 12.3 Å². The molecule has 11 heavy (non-hydrogen) atoms. The zero-order chi connectivity index (χ0) is 8.27. The summed E-state index contributed by atoms with van der Waals surface area (Å²) in [6.07, 6.45) is 3.16. The lowest BCUT2D eigenvalue weighted by molar-refractivity contribution is 0.641. The molecule has 0 unspecified atom stereocenters. The van der Waals surface area contributed by atoms with Gasteiger partial charge < -0.3 is 4.90 Å². The standard InChI is InChI=1S/C6H11N5/c1-10(2)5-8-6-7-4-9-11(6)3/h4-5H,1-3H3. The third kappa shape index (κ3) is 2.03. The fourth-order valence-electron chi connectivity index (χ4n) is 0.574. The second-order valence-electron chi connectivity index (χ2n) is 2.39. The van der Waals surface area contributed by atoms with Gasteiger partial charge in [0.15, 0.2) is 0 Å². The van der Waals surface area contributed by atoms with E-state index in [2.05, 4.69) is 15.1 Å². The van der Waals surface area contributed by atoms with Crippen LogP contribution < -0.4 is 0 Å². The SMILES string of the molecule is CN(C)C=Nc1ncnn1C. The van der Waals surface area contributed by atoms with Gasteiger partial charge >= 0.3 is 0 Å². The summed E-state index contributed by atoms with van der Waals surface area (Å²) in [6, 6.07) is 0. The second kappa shape index (κ2) is 3.14. The van der Waals surface area contributed by atoms with Crippen molar-refractivity contribution in [1.82, 2.24) is 19.7 Å². The van der Waals surface area contributed by atoms with Crippen LogP contribution in [0.15, 0.2) is 11.3 Å². The van der Waals surface area contributed by atoms with Crippen molar-refractivity contribution in [2.24, 2.45) is 12.0 Å². The first-order chi connectivity index (χ1) is 5.20. The van der Waals surface area contributed by atoms with Crippen molar-refractivity contribution in [2.45, 2.75) is 0 Å². The van der Waals surface area contributed by atoms with Gasteiger partial charge in [0.05, 0.1) is 6.34 Å². The van der Waals surface area contributed by atoms with Gasteiger partial charge in [0.2, 0.25) is 5.95 Å². The third-order valence-electron chi connectivity index (χ3n) is 1.09. The summed E-state index contributed by atoms with van der Waals surface area (Å²) in [4.78, 5) is 9.81. The first kappa shape index (κ1) is 7.71. The highest BCUT2D eigenvalue weighted by atomic mass is 15.4. The van der Waals surface area contributed by atoms with Crippen molar-refractivity contribution in [3.05, 3.63) is 6.33 Å². The molecule has 0 aliphatic carbocycles. The van der Waals surface area contributed by atoms with E-state index in [1.54, 1.807) is 18.1 Å². The molecule has 0 N–H and O–H groups in total. The van der Waals surface area contributed by atoms with Crippen LogP contribution in [0.5, 0.6) is 0 Å². The van der Waals surface area contributed by atoms with Crippen molar-refractivity contribution in [3.8, 4) is 0 Å². The third-order valence-corrected chi connectivity index (χ3v) is 1.09. The molecule has 0 bridgehead atoms. The number of nitrogens with zero attached hydrogens (tertiary/aromatic N) is 5. The second-order valence-corrected chi connectivity index (χ2v) is 2.39. The Labute approximate surface area is 65.4 Å². The first-order valence-electron chi connectivity index (χ1n) is 3.25. The molecular formula is C6H11N5. The zero-order valence-corrected chi connectivity index (χ0v) is 6.89. The van der Waals surface area contributed by atoms with E-state index in [1.165, 1.54) is 6.33 Å². The maximum atomic E-state index is 4.06. The van der Waals surface area contributed by atoms with Crippen LogP contribution in [0, 0.1) is 0 Å². The summed E-state index contributed by atoms with van der Waals surface area (Å²) in [5.74, 6) is 0.610. The van der Waals surface area contributed by atoms with Crippen molar-refractivity contribution in [3.63, 3.8) is 0 Å². The van der Waals surface area contributed by atoms with Gasteiger partial charge in [-0.25, -0.2) is 9.67 Å². The first-order valence-corrected chi connectivity index (χ1v) is 3.25. The fraction of sp³-hybridized carbons (Fsp3) is 0.500. The predicted molar refractivity (Wildman–Crippen MR) is 42.8 cm³/mol. The molecule has 5 nitrogen and oxygen atoms in total. The van der Waals surface area contributed by atoms with E-state index >= 15 is 0 Å². The molecule has 1 rings (SSSR count). The lowest BCUT2D eigenvalue weighted by atomic mass is 10.9. The van der Waals surface area contributed by atoms with Gasteiger partial charge in [-0.2, -0.15) is 10.1 Å². The molecule has 0 atom stereocenters. The minimum absolute atomic E-state index is 0.610. The Morgan fingerprint density at radius 1 is 1.64 bits per heavy atom. The quantitative estimate of drug-likeness (QED) is 0.445. The molecular weight excluding hydrogens is 142 g/mol. The van der Waals surface area contributed by atoms with E-state index in [0.717, 1.165) is 0 Å². The molecule has 60 valence electrons. The Kier molecular flexibility index (Phi) is 2.20. The maximum Gasteiger partial charge on any atom is 0.248 e. The molecule has 0 radical (unpaired) electrons. The average Bonchev–Trinajstić information content (AvgIpc) is 2.31. The average molecular weight is 153 g/mol. The Bertz CT molecular complexity index is 249. The highest BCUT2D eigenvalue weighted by molar-refractivity contribution is 5.57. The minimum atomic E-state index is 0.610. The van der Waals surface area contributed by atoms with Gasteiger partial charge in [0, 0.05) is 21.1 Å². The summed E-state index contributed by atoms with van der Waals surface area (Å²) in [5, 5.41) is 3.87. The number of aromatic nitrogens is 3. The number of aryl methyl sites for hydroxylation is 1. The Hall–Kier alpha value is -1.39. The number of aliphatic imine (C=N–C) groups is 1. The van der Waals surface area contributed by atoms with Crippen LogP contribution >= 0.6 is 0 Å². The van der Waals surface area contributed by atoms with E-state index < -0.39 is 0 Å². The van der Waals surface area contributed by atoms with Crippen molar-refractivity contribution in [2.75, 3.05) is 14.1 Å². The molecule has 0 aliphatic heterocycles. The van der Waals surface area contributed by atoms with Gasteiger partial charge in [-0.1, -0.05) is 0 Å². The van der Waals surface area contributed by atoms with Crippen LogP contribution in [0.1, 0.15) is 0 Å². The Balaban J connectivity index is 2.71. The van der Waals surface area contributed by atoms with Gasteiger partial charge in [-0.15, -0.1) is 0 Å². The lowest BCUT2D eigenvalue weighted by Crippen LogP contribution is -2.07. The normalized spacial score (nSPS) is 10.8. The monoisotopic (exact) mass is 153 g/mol. The molecule has 1 heterocycles. The van der Waals surface area contributed by atoms with Gasteiger partial charge in [0.1, 0.15) is 6.33 Å². The summed E-state index contributed by atoms with van der Waals surface area (Å²) in [7, 11) is 5.61. The maximum absolute atomic E-state index is 4.06. The van der Waals surface area contributed by atoms with E-state index in [0.29, 0.717) is 5.95 Å². The summed E-state index contributed by atoms with van der Waals surface area (Å²) in [6.45, 7) is 0. The summed E-state index contributed by atoms with van der Waals surface area (Å²) < 4.78 is 1.61. The predicted octanol–water partition coefficient (Wildman–Crippen LogP) is 0.0365. The van der Waals surface area contributed by atoms with Crippen LogP contribution in [0.3, 0.4) is 0 Å². The van der Waals surface area contributed by atoms with Crippen molar-refractivity contribution < 1.29 is 0 Å². The van der Waals surface area contributed by atoms with Gasteiger partial charge in [-0.05, 0) is 0 Å². The molecule has 0 aliphatic rings. The highest BCUT2D eigenvalue weighted by Crippen LogP contribution is 2.00. The Morgan fingerprint density at radius 3 is 2.82 bits per heavy atom. The Morgan fingerprint density at radius 2 is 2.36 bits per heavy atom. The van der Waals surface area contributed by atoms with E-state index in [1.807, 2.05) is 19.0 Å². The molecule has 0 amide bonds. The van der Waals surface area contributed by atoms with Crippen LogP contribution in [-0.2, 0) is 7.05 Å². The minimum Gasteiger partial charge on any atom is -0.369 e. The van der Waals surface area contributed by atoms with Crippen LogP contribution in [0.25, 0.3) is 0 Å². The van der Waals surface area contributed by atoms with E-state index in [9.17, 15) is 0 Å². The summed E-state index contributed by atoms with van der Waals surface area (Å²) in [5.41, 5.74) is 0. The number of rotatable bonds is 2. The molecule has 0 aromatic carbocycles. The van der Waals surface area contributed by atoms with E-state index in [4.69, 9.17) is 0 Å². The van der Waals surface area contributed by atoms with E-state index in [-0.39, 0.29) is 0 Å². The molecule has 0 spiro atoms. The number of hydrogen-bond acceptors (Lipinski definition) is 3. The fourth-order valence-corrected chi connectivity index (χ4v) is 0.574. The molecule has 1 aromatic heterocycles. The topological polar surface area (TPSA) is 46.3 Å². The smallest absolute Gasteiger partial charge is 0.248 e. The lowest BCUT2D eigenvalue weighted by Gasteiger charge is -2.00. The molecule has 5 heteroatoms. The molecule has 0 fully saturated rings. The number of hydrogen-bond donors (Lipinski definition) is 0. The van der Waals surface area contributed by atoms with Crippen LogP contribution in [0.4, 0.5) is 5.95 Å². The molecule has 0 saturated carbocycles. The van der Waals surface area contributed by atoms with Crippen LogP contribution in [0.2, 0.25) is 0 Å².